The van der Waals surface area contributed by atoms with Gasteiger partial charge >= 0.3 is 0 Å². The summed E-state index contributed by atoms with van der Waals surface area (Å²) in [5.41, 5.74) is 4.59. The predicted octanol–water partition coefficient (Wildman–Crippen LogP) is 4.94. The standard InChI is InChI=1S/C21H27FN2O/c1-13(2)24(14(3)4)11-17-9-18(12-25)15(5)7-19(17)20-8-16(6)23-10-21(20)22/h7-10,12-14H,11H2,1-6H3. The fourth-order valence-corrected chi connectivity index (χ4v) is 3.19. The Bertz CT molecular complexity index is 761. The van der Waals surface area contributed by atoms with Gasteiger partial charge in [0.2, 0.25) is 0 Å². The summed E-state index contributed by atoms with van der Waals surface area (Å²) in [7, 11) is 0. The molecule has 134 valence electrons. The summed E-state index contributed by atoms with van der Waals surface area (Å²) in [6.45, 7) is 13.0. The van der Waals surface area contributed by atoms with E-state index in [-0.39, 0.29) is 5.82 Å². The summed E-state index contributed by atoms with van der Waals surface area (Å²) < 4.78 is 14.5. The van der Waals surface area contributed by atoms with Crippen molar-refractivity contribution in [3.05, 3.63) is 52.6 Å². The highest BCUT2D eigenvalue weighted by atomic mass is 19.1. The summed E-state index contributed by atoms with van der Waals surface area (Å²) in [5, 5.41) is 0. The molecule has 2 rings (SSSR count). The van der Waals surface area contributed by atoms with Gasteiger partial charge in [0, 0.05) is 35.4 Å². The minimum atomic E-state index is -0.342. The maximum absolute atomic E-state index is 14.5. The van der Waals surface area contributed by atoms with E-state index in [4.69, 9.17) is 0 Å². The second-order valence-electron chi connectivity index (χ2n) is 7.15. The van der Waals surface area contributed by atoms with Crippen molar-refractivity contribution in [2.45, 2.75) is 60.2 Å². The normalized spacial score (nSPS) is 11.6. The maximum Gasteiger partial charge on any atom is 0.150 e. The highest BCUT2D eigenvalue weighted by Crippen LogP contribution is 2.31. The molecule has 0 atom stereocenters. The minimum absolute atomic E-state index is 0.342. The van der Waals surface area contributed by atoms with E-state index in [1.807, 2.05) is 26.0 Å². The Balaban J connectivity index is 2.64. The number of benzene rings is 1. The SMILES string of the molecule is Cc1cc(-c2cc(C)c(C=O)cc2CN(C(C)C)C(C)C)c(F)cn1. The second-order valence-corrected chi connectivity index (χ2v) is 7.15. The van der Waals surface area contributed by atoms with Crippen LogP contribution < -0.4 is 0 Å². The molecule has 0 N–H and O–H groups in total. The van der Waals surface area contributed by atoms with Crippen molar-refractivity contribution < 1.29 is 9.18 Å². The molecule has 0 radical (unpaired) electrons. The Morgan fingerprint density at radius 3 is 2.28 bits per heavy atom. The Morgan fingerprint density at radius 2 is 1.72 bits per heavy atom. The maximum atomic E-state index is 14.5. The average Bonchev–Trinajstić information content (AvgIpc) is 2.54. The molecule has 0 bridgehead atoms. The first-order valence-electron chi connectivity index (χ1n) is 8.71. The van der Waals surface area contributed by atoms with Crippen LogP contribution in [0.4, 0.5) is 4.39 Å². The van der Waals surface area contributed by atoms with Gasteiger partial charge in [-0.2, -0.15) is 0 Å². The summed E-state index contributed by atoms with van der Waals surface area (Å²) in [6, 6.07) is 6.26. The van der Waals surface area contributed by atoms with Crippen molar-refractivity contribution in [1.29, 1.82) is 0 Å². The van der Waals surface area contributed by atoms with Crippen LogP contribution in [0.1, 0.15) is 54.9 Å². The van der Waals surface area contributed by atoms with Gasteiger partial charge in [-0.3, -0.25) is 14.7 Å². The summed E-state index contributed by atoms with van der Waals surface area (Å²) in [4.78, 5) is 17.8. The third-order valence-corrected chi connectivity index (χ3v) is 4.58. The Morgan fingerprint density at radius 1 is 1.08 bits per heavy atom. The van der Waals surface area contributed by atoms with Crippen LogP contribution in [0.25, 0.3) is 11.1 Å². The van der Waals surface area contributed by atoms with Crippen LogP contribution in [0.3, 0.4) is 0 Å². The molecular weight excluding hydrogens is 315 g/mol. The number of carbonyl (C=O) groups is 1. The molecule has 0 aliphatic carbocycles. The molecule has 1 heterocycles. The van der Waals surface area contributed by atoms with Crippen molar-refractivity contribution in [3.63, 3.8) is 0 Å². The first-order valence-corrected chi connectivity index (χ1v) is 8.71. The highest BCUT2D eigenvalue weighted by Gasteiger charge is 2.19. The van der Waals surface area contributed by atoms with Gasteiger partial charge in [-0.25, -0.2) is 4.39 Å². The summed E-state index contributed by atoms with van der Waals surface area (Å²) in [5.74, 6) is -0.342. The monoisotopic (exact) mass is 342 g/mol. The number of rotatable bonds is 6. The van der Waals surface area contributed by atoms with Crippen molar-refractivity contribution in [1.82, 2.24) is 9.88 Å². The topological polar surface area (TPSA) is 33.2 Å². The number of nitrogens with zero attached hydrogens (tertiary/aromatic N) is 2. The van der Waals surface area contributed by atoms with Gasteiger partial charge in [0.25, 0.3) is 0 Å². The van der Waals surface area contributed by atoms with E-state index >= 15 is 0 Å². The predicted molar refractivity (Wildman–Crippen MR) is 100 cm³/mol. The molecule has 4 heteroatoms. The van der Waals surface area contributed by atoms with Gasteiger partial charge in [-0.15, -0.1) is 0 Å². The van der Waals surface area contributed by atoms with Gasteiger partial charge in [-0.05, 0) is 70.4 Å². The summed E-state index contributed by atoms with van der Waals surface area (Å²) >= 11 is 0. The smallest absolute Gasteiger partial charge is 0.150 e. The highest BCUT2D eigenvalue weighted by molar-refractivity contribution is 5.81. The lowest BCUT2D eigenvalue weighted by Gasteiger charge is -2.31. The van der Waals surface area contributed by atoms with Crippen LogP contribution in [0.2, 0.25) is 0 Å². The van der Waals surface area contributed by atoms with E-state index in [9.17, 15) is 9.18 Å². The molecule has 0 amide bonds. The quantitative estimate of drug-likeness (QED) is 0.698. The van der Waals surface area contributed by atoms with Gasteiger partial charge < -0.3 is 0 Å². The number of carbonyl (C=O) groups excluding carboxylic acids is 1. The first-order chi connectivity index (χ1) is 11.7. The number of hydrogen-bond donors (Lipinski definition) is 0. The van der Waals surface area contributed by atoms with Crippen LogP contribution in [0.5, 0.6) is 0 Å². The third-order valence-electron chi connectivity index (χ3n) is 4.58. The molecule has 0 aliphatic heterocycles. The molecule has 3 nitrogen and oxygen atoms in total. The van der Waals surface area contributed by atoms with E-state index in [1.165, 1.54) is 6.20 Å². The van der Waals surface area contributed by atoms with Gasteiger partial charge in [0.05, 0.1) is 6.20 Å². The lowest BCUT2D eigenvalue weighted by molar-refractivity contribution is 0.112. The molecule has 0 fully saturated rings. The van der Waals surface area contributed by atoms with E-state index in [1.54, 1.807) is 6.07 Å². The molecule has 2 aromatic rings. The van der Waals surface area contributed by atoms with E-state index in [0.29, 0.717) is 29.8 Å². The van der Waals surface area contributed by atoms with Crippen LogP contribution in [0, 0.1) is 19.7 Å². The molecule has 0 saturated heterocycles. The number of aromatic nitrogens is 1. The van der Waals surface area contributed by atoms with Crippen molar-refractivity contribution in [2.75, 3.05) is 0 Å². The van der Waals surface area contributed by atoms with Crippen molar-refractivity contribution in [2.24, 2.45) is 0 Å². The van der Waals surface area contributed by atoms with Gasteiger partial charge in [-0.1, -0.05) is 6.07 Å². The van der Waals surface area contributed by atoms with Crippen LogP contribution in [-0.4, -0.2) is 28.3 Å². The lowest BCUT2D eigenvalue weighted by atomic mass is 9.93. The number of pyridine rings is 1. The summed E-state index contributed by atoms with van der Waals surface area (Å²) in [6.07, 6.45) is 2.13. The molecule has 0 unspecified atom stereocenters. The second kappa shape index (κ2) is 7.87. The zero-order valence-electron chi connectivity index (χ0n) is 15.9. The van der Waals surface area contributed by atoms with Crippen LogP contribution in [-0.2, 0) is 6.54 Å². The Hall–Kier alpha value is -2.07. The average molecular weight is 342 g/mol. The number of aryl methyl sites for hydroxylation is 2. The third kappa shape index (κ3) is 4.31. The van der Waals surface area contributed by atoms with Gasteiger partial charge in [0.1, 0.15) is 12.1 Å². The zero-order valence-corrected chi connectivity index (χ0v) is 15.9. The fourth-order valence-electron chi connectivity index (χ4n) is 3.19. The Labute approximate surface area is 149 Å². The van der Waals surface area contributed by atoms with Crippen molar-refractivity contribution in [3.8, 4) is 11.1 Å². The lowest BCUT2D eigenvalue weighted by Crippen LogP contribution is -2.36. The van der Waals surface area contributed by atoms with Gasteiger partial charge in [0.15, 0.2) is 0 Å². The number of aldehydes is 1. The molecule has 25 heavy (non-hydrogen) atoms. The van der Waals surface area contributed by atoms with E-state index in [2.05, 4.69) is 37.6 Å². The molecule has 1 aromatic carbocycles. The molecule has 1 aromatic heterocycles. The molecule has 0 saturated carbocycles. The van der Waals surface area contributed by atoms with E-state index in [0.717, 1.165) is 28.7 Å². The molecular formula is C21H27FN2O. The van der Waals surface area contributed by atoms with Crippen molar-refractivity contribution >= 4 is 6.29 Å². The largest absolute Gasteiger partial charge is 0.298 e. The zero-order chi connectivity index (χ0) is 18.7. The molecule has 0 spiro atoms. The number of halogens is 1. The fraction of sp³-hybridized carbons (Fsp3) is 0.429. The van der Waals surface area contributed by atoms with E-state index < -0.39 is 0 Å². The Kier molecular flexibility index (Phi) is 6.07. The minimum Gasteiger partial charge on any atom is -0.298 e. The van der Waals surface area contributed by atoms with Crippen LogP contribution >= 0.6 is 0 Å². The number of hydrogen-bond acceptors (Lipinski definition) is 3. The molecule has 0 aliphatic rings. The first kappa shape index (κ1) is 19.3. The van der Waals surface area contributed by atoms with Crippen LogP contribution in [0.15, 0.2) is 24.4 Å².